The maximum absolute atomic E-state index is 14.6. The molecule has 1 heterocycles. The molecule has 4 nitrogen and oxygen atoms in total. The van der Waals surface area contributed by atoms with Gasteiger partial charge in [-0.2, -0.15) is 5.10 Å². The predicted molar refractivity (Wildman–Crippen MR) is 114 cm³/mol. The van der Waals surface area contributed by atoms with Crippen LogP contribution in [0.15, 0.2) is 84.0 Å². The van der Waals surface area contributed by atoms with Crippen molar-refractivity contribution in [3.8, 4) is 0 Å². The van der Waals surface area contributed by atoms with Gasteiger partial charge in [-0.1, -0.05) is 60.7 Å². The molecule has 3 aromatic carbocycles. The Kier molecular flexibility index (Phi) is 4.99. The van der Waals surface area contributed by atoms with Crippen molar-refractivity contribution in [1.29, 1.82) is 0 Å². The van der Waals surface area contributed by atoms with Crippen molar-refractivity contribution >= 4 is 22.3 Å². The standard InChI is InChI=1S/C24H22FN3O/c1-24(2,29)16-28-23-19(15-26-28)21(14-13-20(23)25)27-22(17-9-5-3-6-10-17)18-11-7-4-8-12-18/h3-15,29H,16H2,1-2H3. The van der Waals surface area contributed by atoms with E-state index in [9.17, 15) is 9.50 Å². The van der Waals surface area contributed by atoms with Gasteiger partial charge in [0.15, 0.2) is 0 Å². The van der Waals surface area contributed by atoms with Gasteiger partial charge in [0.25, 0.3) is 0 Å². The summed E-state index contributed by atoms with van der Waals surface area (Å²) >= 11 is 0. The molecule has 0 saturated carbocycles. The highest BCUT2D eigenvalue weighted by Gasteiger charge is 2.19. The maximum Gasteiger partial charge on any atom is 0.149 e. The number of aliphatic imine (C=N–C) groups is 1. The molecule has 0 aliphatic rings. The smallest absolute Gasteiger partial charge is 0.149 e. The minimum atomic E-state index is -1.01. The highest BCUT2D eigenvalue weighted by molar-refractivity contribution is 6.14. The molecule has 0 aliphatic carbocycles. The van der Waals surface area contributed by atoms with Gasteiger partial charge >= 0.3 is 0 Å². The van der Waals surface area contributed by atoms with Crippen LogP contribution in [0.2, 0.25) is 0 Å². The number of hydrogen-bond acceptors (Lipinski definition) is 3. The van der Waals surface area contributed by atoms with Crippen LogP contribution >= 0.6 is 0 Å². The van der Waals surface area contributed by atoms with Gasteiger partial charge < -0.3 is 5.11 Å². The number of aromatic nitrogens is 2. The maximum atomic E-state index is 14.6. The van der Waals surface area contributed by atoms with Gasteiger partial charge in [-0.3, -0.25) is 4.68 Å². The number of halogens is 1. The second-order valence-corrected chi connectivity index (χ2v) is 7.64. The van der Waals surface area contributed by atoms with Gasteiger partial charge in [-0.05, 0) is 26.0 Å². The first kappa shape index (κ1) is 19.0. The number of aliphatic hydroxyl groups is 1. The van der Waals surface area contributed by atoms with Crippen molar-refractivity contribution in [3.05, 3.63) is 95.9 Å². The molecule has 4 aromatic rings. The number of nitrogens with zero attached hydrogens (tertiary/aromatic N) is 3. The summed E-state index contributed by atoms with van der Waals surface area (Å²) < 4.78 is 16.1. The molecule has 0 unspecified atom stereocenters. The van der Waals surface area contributed by atoms with Crippen LogP contribution in [0, 0.1) is 5.82 Å². The van der Waals surface area contributed by atoms with E-state index in [-0.39, 0.29) is 12.4 Å². The Morgan fingerprint density at radius 3 is 2.10 bits per heavy atom. The first-order valence-electron chi connectivity index (χ1n) is 9.48. The van der Waals surface area contributed by atoms with Crippen molar-refractivity contribution < 1.29 is 9.50 Å². The first-order valence-corrected chi connectivity index (χ1v) is 9.48. The molecule has 0 atom stereocenters. The Morgan fingerprint density at radius 1 is 0.966 bits per heavy atom. The normalized spacial score (nSPS) is 11.6. The monoisotopic (exact) mass is 387 g/mol. The van der Waals surface area contributed by atoms with E-state index >= 15 is 0 Å². The highest BCUT2D eigenvalue weighted by atomic mass is 19.1. The van der Waals surface area contributed by atoms with Crippen molar-refractivity contribution in [3.63, 3.8) is 0 Å². The first-order chi connectivity index (χ1) is 13.9. The molecule has 1 aromatic heterocycles. The van der Waals surface area contributed by atoms with Crippen LogP contribution in [-0.4, -0.2) is 26.2 Å². The van der Waals surface area contributed by atoms with Crippen LogP contribution in [0.4, 0.5) is 10.1 Å². The van der Waals surface area contributed by atoms with E-state index < -0.39 is 5.60 Å². The Morgan fingerprint density at radius 2 is 1.55 bits per heavy atom. The summed E-state index contributed by atoms with van der Waals surface area (Å²) in [7, 11) is 0. The fraction of sp³-hybridized carbons (Fsp3) is 0.167. The summed E-state index contributed by atoms with van der Waals surface area (Å²) in [5.41, 5.74) is 2.71. The Balaban J connectivity index is 1.90. The zero-order valence-corrected chi connectivity index (χ0v) is 16.4. The lowest BCUT2D eigenvalue weighted by atomic mass is 10.0. The predicted octanol–water partition coefficient (Wildman–Crippen LogP) is 5.12. The average molecular weight is 387 g/mol. The van der Waals surface area contributed by atoms with Gasteiger partial charge in [0.05, 0.1) is 29.7 Å². The number of benzene rings is 3. The second kappa shape index (κ2) is 7.60. The Hall–Kier alpha value is -3.31. The fourth-order valence-electron chi connectivity index (χ4n) is 3.34. The molecule has 0 bridgehead atoms. The third kappa shape index (κ3) is 4.10. The summed E-state index contributed by atoms with van der Waals surface area (Å²) in [5, 5.41) is 15.1. The SMILES string of the molecule is CC(C)(O)Cn1ncc2c(N=C(c3ccccc3)c3ccccc3)ccc(F)c21. The molecule has 4 rings (SSSR count). The minimum absolute atomic E-state index is 0.185. The van der Waals surface area contributed by atoms with Crippen LogP contribution in [0.5, 0.6) is 0 Å². The van der Waals surface area contributed by atoms with Gasteiger partial charge in [0, 0.05) is 16.5 Å². The summed E-state index contributed by atoms with van der Waals surface area (Å²) in [6.07, 6.45) is 1.61. The zero-order valence-electron chi connectivity index (χ0n) is 16.4. The van der Waals surface area contributed by atoms with Gasteiger partial charge in [-0.15, -0.1) is 0 Å². The van der Waals surface area contributed by atoms with Gasteiger partial charge in [-0.25, -0.2) is 9.38 Å². The fourth-order valence-corrected chi connectivity index (χ4v) is 3.34. The molecular weight excluding hydrogens is 365 g/mol. The van der Waals surface area contributed by atoms with E-state index in [0.29, 0.717) is 16.6 Å². The van der Waals surface area contributed by atoms with Crippen molar-refractivity contribution in [2.24, 2.45) is 4.99 Å². The summed E-state index contributed by atoms with van der Waals surface area (Å²) in [5.74, 6) is -0.387. The van der Waals surface area contributed by atoms with Crippen LogP contribution < -0.4 is 0 Å². The molecule has 0 saturated heterocycles. The van der Waals surface area contributed by atoms with Crippen LogP contribution in [0.25, 0.3) is 10.9 Å². The molecule has 5 heteroatoms. The number of rotatable bonds is 5. The molecular formula is C24H22FN3O. The summed E-state index contributed by atoms with van der Waals surface area (Å²) in [6.45, 7) is 3.53. The number of hydrogen-bond donors (Lipinski definition) is 1. The Labute approximate surface area is 169 Å². The summed E-state index contributed by atoms with van der Waals surface area (Å²) in [6, 6.07) is 22.9. The molecule has 29 heavy (non-hydrogen) atoms. The van der Waals surface area contributed by atoms with Gasteiger partial charge in [0.2, 0.25) is 0 Å². The Bertz CT molecular complexity index is 1120. The van der Waals surface area contributed by atoms with E-state index in [1.165, 1.54) is 10.7 Å². The van der Waals surface area contributed by atoms with Crippen LogP contribution in [-0.2, 0) is 6.54 Å². The van der Waals surface area contributed by atoms with E-state index in [0.717, 1.165) is 16.8 Å². The van der Waals surface area contributed by atoms with Crippen LogP contribution in [0.1, 0.15) is 25.0 Å². The molecule has 0 spiro atoms. The lowest BCUT2D eigenvalue weighted by molar-refractivity contribution is 0.0590. The van der Waals surface area contributed by atoms with Crippen molar-refractivity contribution in [2.75, 3.05) is 0 Å². The van der Waals surface area contributed by atoms with Gasteiger partial charge in [0.1, 0.15) is 11.3 Å². The van der Waals surface area contributed by atoms with E-state index in [4.69, 9.17) is 4.99 Å². The minimum Gasteiger partial charge on any atom is -0.389 e. The van der Waals surface area contributed by atoms with Crippen LogP contribution in [0.3, 0.4) is 0 Å². The molecule has 0 fully saturated rings. The third-order valence-corrected chi connectivity index (χ3v) is 4.59. The largest absolute Gasteiger partial charge is 0.389 e. The van der Waals surface area contributed by atoms with E-state index in [1.54, 1.807) is 26.1 Å². The number of fused-ring (bicyclic) bond motifs is 1. The molecule has 1 N–H and O–H groups in total. The van der Waals surface area contributed by atoms with E-state index in [1.807, 2.05) is 60.7 Å². The zero-order chi connectivity index (χ0) is 20.4. The van der Waals surface area contributed by atoms with Crippen molar-refractivity contribution in [2.45, 2.75) is 26.0 Å². The highest BCUT2D eigenvalue weighted by Crippen LogP contribution is 2.30. The lowest BCUT2D eigenvalue weighted by Crippen LogP contribution is -2.26. The van der Waals surface area contributed by atoms with E-state index in [2.05, 4.69) is 5.10 Å². The van der Waals surface area contributed by atoms with Crippen molar-refractivity contribution in [1.82, 2.24) is 9.78 Å². The third-order valence-electron chi connectivity index (χ3n) is 4.59. The lowest BCUT2D eigenvalue weighted by Gasteiger charge is -2.17. The second-order valence-electron chi connectivity index (χ2n) is 7.64. The quantitative estimate of drug-likeness (QED) is 0.484. The molecule has 146 valence electrons. The average Bonchev–Trinajstić information content (AvgIpc) is 3.12. The summed E-state index contributed by atoms with van der Waals surface area (Å²) in [4.78, 5) is 4.91. The molecule has 0 aliphatic heterocycles. The molecule has 0 radical (unpaired) electrons. The topological polar surface area (TPSA) is 50.4 Å². The molecule has 0 amide bonds.